The smallest absolute Gasteiger partial charge is 0.120 e. The van der Waals surface area contributed by atoms with Crippen LogP contribution < -0.4 is 9.64 Å². The molecule has 0 saturated carbocycles. The number of nitrogens with zero attached hydrogens (tertiary/aromatic N) is 1. The van der Waals surface area contributed by atoms with Crippen molar-refractivity contribution in [3.05, 3.63) is 59.7 Å². The van der Waals surface area contributed by atoms with Gasteiger partial charge in [0.1, 0.15) is 12.4 Å². The molecule has 0 atom stereocenters. The minimum Gasteiger partial charge on any atom is -0.489 e. The molecule has 2 aromatic rings. The van der Waals surface area contributed by atoms with Crippen LogP contribution in [0.1, 0.15) is 25.0 Å². The number of rotatable bonds is 4. The Hall–Kier alpha value is -1.96. The van der Waals surface area contributed by atoms with Crippen molar-refractivity contribution in [1.82, 2.24) is 0 Å². The SMILES string of the molecule is CC.Cc1cccc(OCc2cccc(N(C)C)c2)c1. The van der Waals surface area contributed by atoms with E-state index in [9.17, 15) is 0 Å². The molecule has 0 radical (unpaired) electrons. The molecule has 0 saturated heterocycles. The lowest BCUT2D eigenvalue weighted by Gasteiger charge is -2.14. The van der Waals surface area contributed by atoms with Crippen LogP contribution in [0, 0.1) is 6.92 Å². The van der Waals surface area contributed by atoms with Crippen molar-refractivity contribution in [2.45, 2.75) is 27.4 Å². The third kappa shape index (κ3) is 4.96. The van der Waals surface area contributed by atoms with Crippen LogP contribution in [-0.2, 0) is 6.61 Å². The maximum absolute atomic E-state index is 5.79. The van der Waals surface area contributed by atoms with Gasteiger partial charge in [0.05, 0.1) is 0 Å². The van der Waals surface area contributed by atoms with Crippen molar-refractivity contribution in [3.8, 4) is 5.75 Å². The highest BCUT2D eigenvalue weighted by Gasteiger charge is 1.99. The van der Waals surface area contributed by atoms with Crippen LogP contribution in [0.3, 0.4) is 0 Å². The molecule has 0 bridgehead atoms. The van der Waals surface area contributed by atoms with Crippen molar-refractivity contribution in [1.29, 1.82) is 0 Å². The Morgan fingerprint density at radius 1 is 0.950 bits per heavy atom. The lowest BCUT2D eigenvalue weighted by molar-refractivity contribution is 0.306. The molecule has 2 aromatic carbocycles. The summed E-state index contributed by atoms with van der Waals surface area (Å²) in [5, 5.41) is 0. The second kappa shape index (κ2) is 8.26. The summed E-state index contributed by atoms with van der Waals surface area (Å²) in [5.74, 6) is 0.922. The molecule has 0 aliphatic heterocycles. The average Bonchev–Trinajstić information content (AvgIpc) is 2.48. The zero-order chi connectivity index (χ0) is 15.0. The number of aryl methyl sites for hydroxylation is 1. The quantitative estimate of drug-likeness (QED) is 0.801. The summed E-state index contributed by atoms with van der Waals surface area (Å²) in [6, 6.07) is 16.5. The van der Waals surface area contributed by atoms with E-state index >= 15 is 0 Å². The molecule has 2 rings (SSSR count). The minimum absolute atomic E-state index is 0.602. The second-order valence-electron chi connectivity index (χ2n) is 4.67. The fourth-order valence-corrected chi connectivity index (χ4v) is 1.80. The van der Waals surface area contributed by atoms with Crippen molar-refractivity contribution in [2.24, 2.45) is 0 Å². The first-order chi connectivity index (χ1) is 9.65. The number of anilines is 1. The Kier molecular flexibility index (Phi) is 6.65. The third-order valence-electron chi connectivity index (χ3n) is 2.82. The highest BCUT2D eigenvalue weighted by atomic mass is 16.5. The van der Waals surface area contributed by atoms with Crippen LogP contribution in [0.5, 0.6) is 5.75 Å². The van der Waals surface area contributed by atoms with E-state index in [2.05, 4.69) is 48.2 Å². The summed E-state index contributed by atoms with van der Waals surface area (Å²) in [6.07, 6.45) is 0. The van der Waals surface area contributed by atoms with E-state index in [-0.39, 0.29) is 0 Å². The number of benzene rings is 2. The van der Waals surface area contributed by atoms with Crippen LogP contribution in [0.15, 0.2) is 48.5 Å². The van der Waals surface area contributed by atoms with Crippen molar-refractivity contribution >= 4 is 5.69 Å². The van der Waals surface area contributed by atoms with Crippen molar-refractivity contribution in [3.63, 3.8) is 0 Å². The Labute approximate surface area is 123 Å². The molecule has 0 amide bonds. The van der Waals surface area contributed by atoms with Crippen LogP contribution in [-0.4, -0.2) is 14.1 Å². The summed E-state index contributed by atoms with van der Waals surface area (Å²) in [7, 11) is 4.08. The monoisotopic (exact) mass is 271 g/mol. The molecule has 2 heteroatoms. The number of hydrogen-bond acceptors (Lipinski definition) is 2. The van der Waals surface area contributed by atoms with Crippen LogP contribution >= 0.6 is 0 Å². The normalized spacial score (nSPS) is 9.45. The summed E-state index contributed by atoms with van der Waals surface area (Å²) in [5.41, 5.74) is 3.59. The first kappa shape index (κ1) is 16.1. The van der Waals surface area contributed by atoms with Gasteiger partial charge in [0.2, 0.25) is 0 Å². The summed E-state index contributed by atoms with van der Waals surface area (Å²) in [6.45, 7) is 6.67. The average molecular weight is 271 g/mol. The molecule has 108 valence electrons. The Balaban J connectivity index is 0.000000956. The first-order valence-electron chi connectivity index (χ1n) is 7.11. The largest absolute Gasteiger partial charge is 0.489 e. The van der Waals surface area contributed by atoms with Crippen LogP contribution in [0.25, 0.3) is 0 Å². The van der Waals surface area contributed by atoms with Crippen molar-refractivity contribution in [2.75, 3.05) is 19.0 Å². The van der Waals surface area contributed by atoms with E-state index in [4.69, 9.17) is 4.74 Å². The molecule has 2 nitrogen and oxygen atoms in total. The fourth-order valence-electron chi connectivity index (χ4n) is 1.80. The zero-order valence-corrected chi connectivity index (χ0v) is 13.2. The standard InChI is InChI=1S/C16H19NO.C2H6/c1-13-6-4-9-16(10-13)18-12-14-7-5-8-15(11-14)17(2)3;1-2/h4-11H,12H2,1-3H3;1-2H3. The van der Waals surface area contributed by atoms with E-state index in [1.807, 2.05) is 40.1 Å². The number of hydrogen-bond donors (Lipinski definition) is 0. The van der Waals surface area contributed by atoms with E-state index < -0.39 is 0 Å². The summed E-state index contributed by atoms with van der Waals surface area (Å²) < 4.78 is 5.79. The van der Waals surface area contributed by atoms with E-state index in [0.29, 0.717) is 6.61 Å². The number of ether oxygens (including phenoxy) is 1. The molecule has 0 fully saturated rings. The Bertz CT molecular complexity index is 520. The van der Waals surface area contributed by atoms with E-state index in [0.717, 1.165) is 5.75 Å². The first-order valence-corrected chi connectivity index (χ1v) is 7.11. The van der Waals surface area contributed by atoms with E-state index in [1.165, 1.54) is 16.8 Å². The Morgan fingerprint density at radius 2 is 1.65 bits per heavy atom. The van der Waals surface area contributed by atoms with Gasteiger partial charge in [0.15, 0.2) is 0 Å². The maximum atomic E-state index is 5.79. The molecule has 0 N–H and O–H groups in total. The lowest BCUT2D eigenvalue weighted by Crippen LogP contribution is -2.09. The van der Waals surface area contributed by atoms with E-state index in [1.54, 1.807) is 0 Å². The maximum Gasteiger partial charge on any atom is 0.120 e. The van der Waals surface area contributed by atoms with Crippen molar-refractivity contribution < 1.29 is 4.74 Å². The van der Waals surface area contributed by atoms with Gasteiger partial charge in [-0.15, -0.1) is 0 Å². The highest BCUT2D eigenvalue weighted by Crippen LogP contribution is 2.17. The molecule has 0 heterocycles. The molecule has 0 aliphatic rings. The van der Waals surface area contributed by atoms with Gasteiger partial charge in [-0.1, -0.05) is 38.1 Å². The van der Waals surface area contributed by atoms with Gasteiger partial charge in [-0.2, -0.15) is 0 Å². The highest BCUT2D eigenvalue weighted by molar-refractivity contribution is 5.47. The lowest BCUT2D eigenvalue weighted by atomic mass is 10.2. The molecular formula is C18H25NO. The zero-order valence-electron chi connectivity index (χ0n) is 13.2. The van der Waals surface area contributed by atoms with Crippen LogP contribution in [0.4, 0.5) is 5.69 Å². The summed E-state index contributed by atoms with van der Waals surface area (Å²) in [4.78, 5) is 2.09. The Morgan fingerprint density at radius 3 is 2.30 bits per heavy atom. The minimum atomic E-state index is 0.602. The third-order valence-corrected chi connectivity index (χ3v) is 2.82. The van der Waals surface area contributed by atoms with Gasteiger partial charge in [-0.05, 0) is 42.3 Å². The summed E-state index contributed by atoms with van der Waals surface area (Å²) >= 11 is 0. The molecule has 20 heavy (non-hydrogen) atoms. The molecule has 0 unspecified atom stereocenters. The van der Waals surface area contributed by atoms with Gasteiger partial charge in [0, 0.05) is 19.8 Å². The molecule has 0 aliphatic carbocycles. The predicted octanol–water partition coefficient (Wildman–Crippen LogP) is 4.67. The topological polar surface area (TPSA) is 12.5 Å². The molecule has 0 spiro atoms. The molecule has 0 aromatic heterocycles. The second-order valence-corrected chi connectivity index (χ2v) is 4.67. The van der Waals surface area contributed by atoms with Gasteiger partial charge in [-0.25, -0.2) is 0 Å². The molecular weight excluding hydrogens is 246 g/mol. The van der Waals surface area contributed by atoms with Crippen LogP contribution in [0.2, 0.25) is 0 Å². The van der Waals surface area contributed by atoms with Gasteiger partial charge in [-0.3, -0.25) is 0 Å². The predicted molar refractivity (Wildman–Crippen MR) is 87.6 cm³/mol. The fraction of sp³-hybridized carbons (Fsp3) is 0.333. The van der Waals surface area contributed by atoms with Gasteiger partial charge >= 0.3 is 0 Å². The van der Waals surface area contributed by atoms with Gasteiger partial charge in [0.25, 0.3) is 0 Å². The van der Waals surface area contributed by atoms with Gasteiger partial charge < -0.3 is 9.64 Å².